The lowest BCUT2D eigenvalue weighted by Crippen LogP contribution is -2.56. The first-order valence-corrected chi connectivity index (χ1v) is 13.3. The molecule has 11 nitrogen and oxygen atoms in total. The van der Waals surface area contributed by atoms with E-state index in [0.717, 1.165) is 17.5 Å². The number of nitrogens with two attached hydrogens (primary N) is 1. The van der Waals surface area contributed by atoms with Gasteiger partial charge in [-0.2, -0.15) is 0 Å². The molecule has 178 valence electrons. The van der Waals surface area contributed by atoms with Crippen molar-refractivity contribution in [3.05, 3.63) is 41.7 Å². The number of fused-ring (bicyclic) bond motifs is 2. The fourth-order valence-corrected chi connectivity index (χ4v) is 5.72. The van der Waals surface area contributed by atoms with Crippen molar-refractivity contribution in [1.82, 2.24) is 20.2 Å². The Morgan fingerprint density at radius 2 is 1.85 bits per heavy atom. The molecule has 5 rings (SSSR count). The van der Waals surface area contributed by atoms with Gasteiger partial charge in [0.2, 0.25) is 31.2 Å². The molecule has 4 heterocycles. The number of rotatable bonds is 4. The zero-order valence-electron chi connectivity index (χ0n) is 18.6. The van der Waals surface area contributed by atoms with E-state index in [1.165, 1.54) is 17.5 Å². The first-order chi connectivity index (χ1) is 16.2. The zero-order valence-corrected chi connectivity index (χ0v) is 20.3. The lowest BCUT2D eigenvalue weighted by atomic mass is 9.71. The van der Waals surface area contributed by atoms with Crippen molar-refractivity contribution in [3.63, 3.8) is 0 Å². The molecule has 0 unspecified atom stereocenters. The van der Waals surface area contributed by atoms with Crippen LogP contribution in [0.5, 0.6) is 5.75 Å². The summed E-state index contributed by atoms with van der Waals surface area (Å²) in [5.41, 5.74) is 6.71. The van der Waals surface area contributed by atoms with E-state index in [1.54, 1.807) is 24.1 Å². The van der Waals surface area contributed by atoms with Crippen LogP contribution in [0.4, 0.5) is 16.0 Å². The number of hydrogen-bond acceptors (Lipinski definition) is 11. The largest absolute Gasteiger partial charge is 0.497 e. The molecule has 2 aromatic heterocycles. The second kappa shape index (κ2) is 8.17. The number of sulfone groups is 1. The van der Waals surface area contributed by atoms with Crippen LogP contribution in [0.1, 0.15) is 24.1 Å². The second-order valence-electron chi connectivity index (χ2n) is 8.38. The van der Waals surface area contributed by atoms with Gasteiger partial charge in [-0.3, -0.25) is 4.79 Å². The van der Waals surface area contributed by atoms with Crippen LogP contribution in [0, 0.1) is 0 Å². The number of amides is 1. The lowest BCUT2D eigenvalue weighted by molar-refractivity contribution is -0.126. The van der Waals surface area contributed by atoms with Gasteiger partial charge in [-0.1, -0.05) is 11.3 Å². The van der Waals surface area contributed by atoms with Gasteiger partial charge in [0.1, 0.15) is 5.75 Å². The summed E-state index contributed by atoms with van der Waals surface area (Å²) in [5.74, 6) is 0.578. The lowest BCUT2D eigenvalue weighted by Gasteiger charge is -2.46. The van der Waals surface area contributed by atoms with Crippen LogP contribution in [0.15, 0.2) is 35.6 Å². The molecule has 1 aromatic carbocycles. The highest BCUT2D eigenvalue weighted by atomic mass is 32.2. The van der Waals surface area contributed by atoms with Gasteiger partial charge < -0.3 is 20.3 Å². The first kappa shape index (κ1) is 22.5. The normalized spacial score (nSPS) is 17.6. The van der Waals surface area contributed by atoms with E-state index in [2.05, 4.69) is 20.2 Å². The first-order valence-electron chi connectivity index (χ1n) is 10.6. The zero-order chi connectivity index (χ0) is 24.1. The van der Waals surface area contributed by atoms with Crippen LogP contribution >= 0.6 is 11.3 Å². The minimum atomic E-state index is -3.64. The number of carbonyl (C=O) groups excluding carboxylic acids is 1. The Bertz CT molecular complexity index is 1350. The van der Waals surface area contributed by atoms with Gasteiger partial charge in [0.15, 0.2) is 0 Å². The number of carbonyl (C=O) groups is 1. The van der Waals surface area contributed by atoms with E-state index in [0.29, 0.717) is 47.6 Å². The smallest absolute Gasteiger partial charge is 0.247 e. The Kier molecular flexibility index (Phi) is 5.40. The molecule has 2 aliphatic rings. The molecule has 1 amide bonds. The Balaban J connectivity index is 1.57. The minimum Gasteiger partial charge on any atom is -0.497 e. The van der Waals surface area contributed by atoms with Crippen LogP contribution in [-0.4, -0.2) is 60.9 Å². The number of nitrogens with zero attached hydrogens (tertiary/aromatic N) is 6. The average molecular weight is 502 g/mol. The highest BCUT2D eigenvalue weighted by molar-refractivity contribution is 7.90. The summed E-state index contributed by atoms with van der Waals surface area (Å²) in [6.45, 7) is 1.30. The summed E-state index contributed by atoms with van der Waals surface area (Å²) >= 11 is 1.29. The standard InChI is InChI=1S/C21H23N7O4S2/c1-32-15-5-3-14(4-6-15)28-12-13-11-23-19(34(2,30)31)24-16(13)21(17(28)29)7-9-27(10-8-21)20-26-25-18(22)33-20/h3-6,11H,7-10,12H2,1-2H3,(H2,22,25). The van der Waals surface area contributed by atoms with Gasteiger partial charge in [-0.25, -0.2) is 18.4 Å². The van der Waals surface area contributed by atoms with Crippen molar-refractivity contribution >= 4 is 43.0 Å². The molecular formula is C21H23N7O4S2. The Hall–Kier alpha value is -3.32. The molecule has 1 saturated heterocycles. The van der Waals surface area contributed by atoms with E-state index in [-0.39, 0.29) is 17.6 Å². The third kappa shape index (κ3) is 3.74. The summed E-state index contributed by atoms with van der Waals surface area (Å²) in [5, 5.41) is 8.81. The van der Waals surface area contributed by atoms with E-state index in [1.807, 2.05) is 17.0 Å². The molecule has 2 aliphatic heterocycles. The number of anilines is 3. The quantitative estimate of drug-likeness (QED) is 0.521. The highest BCUT2D eigenvalue weighted by Crippen LogP contribution is 2.44. The number of piperidine rings is 1. The number of nitrogen functional groups attached to an aromatic ring is 1. The molecule has 3 aromatic rings. The van der Waals surface area contributed by atoms with Crippen molar-refractivity contribution in [2.24, 2.45) is 0 Å². The van der Waals surface area contributed by atoms with Crippen molar-refractivity contribution < 1.29 is 17.9 Å². The Morgan fingerprint density at radius 3 is 2.44 bits per heavy atom. The third-order valence-corrected chi connectivity index (χ3v) is 7.99. The van der Waals surface area contributed by atoms with Crippen LogP contribution in [0.2, 0.25) is 0 Å². The molecule has 1 spiro atoms. The molecule has 2 N–H and O–H groups in total. The van der Waals surface area contributed by atoms with Crippen molar-refractivity contribution in [2.45, 2.75) is 30.0 Å². The summed E-state index contributed by atoms with van der Waals surface area (Å²) in [7, 11) is -2.05. The maximum Gasteiger partial charge on any atom is 0.247 e. The summed E-state index contributed by atoms with van der Waals surface area (Å²) < 4.78 is 29.6. The molecule has 0 radical (unpaired) electrons. The predicted octanol–water partition coefficient (Wildman–Crippen LogP) is 1.41. The SMILES string of the molecule is COc1ccc(N2Cc3cnc(S(C)(=O)=O)nc3C3(CCN(c4nnc(N)s4)CC3)C2=O)cc1. The molecular weight excluding hydrogens is 478 g/mol. The van der Waals surface area contributed by atoms with Crippen LogP contribution in [0.25, 0.3) is 0 Å². The van der Waals surface area contributed by atoms with Gasteiger partial charge >= 0.3 is 0 Å². The molecule has 34 heavy (non-hydrogen) atoms. The molecule has 0 bridgehead atoms. The minimum absolute atomic E-state index is 0.111. The monoisotopic (exact) mass is 501 g/mol. The number of benzene rings is 1. The van der Waals surface area contributed by atoms with Crippen LogP contribution in [0.3, 0.4) is 0 Å². The summed E-state index contributed by atoms with van der Waals surface area (Å²) in [6.07, 6.45) is 3.47. The van der Waals surface area contributed by atoms with E-state index >= 15 is 0 Å². The molecule has 0 aliphatic carbocycles. The van der Waals surface area contributed by atoms with Gasteiger partial charge in [-0.05, 0) is 37.1 Å². The predicted molar refractivity (Wildman–Crippen MR) is 127 cm³/mol. The highest BCUT2D eigenvalue weighted by Gasteiger charge is 2.51. The molecule has 0 atom stereocenters. The van der Waals surface area contributed by atoms with Crippen LogP contribution in [-0.2, 0) is 26.6 Å². The number of methoxy groups -OCH3 is 1. The summed E-state index contributed by atoms with van der Waals surface area (Å²) in [6, 6.07) is 7.27. The van der Waals surface area contributed by atoms with Gasteiger partial charge in [-0.15, -0.1) is 10.2 Å². The van der Waals surface area contributed by atoms with E-state index < -0.39 is 15.3 Å². The van der Waals surface area contributed by atoms with Crippen molar-refractivity contribution in [2.75, 3.05) is 42.0 Å². The molecule has 0 saturated carbocycles. The number of ether oxygens (including phenoxy) is 1. The Labute approximate surface area is 200 Å². The van der Waals surface area contributed by atoms with Crippen molar-refractivity contribution in [3.8, 4) is 5.75 Å². The molecule has 1 fully saturated rings. The van der Waals surface area contributed by atoms with E-state index in [9.17, 15) is 13.2 Å². The second-order valence-corrected chi connectivity index (χ2v) is 11.3. The van der Waals surface area contributed by atoms with Crippen molar-refractivity contribution in [1.29, 1.82) is 0 Å². The number of hydrogen-bond donors (Lipinski definition) is 1. The van der Waals surface area contributed by atoms with Crippen LogP contribution < -0.4 is 20.3 Å². The molecule has 13 heteroatoms. The Morgan fingerprint density at radius 1 is 1.15 bits per heavy atom. The maximum absolute atomic E-state index is 14.0. The fourth-order valence-electron chi connectivity index (χ4n) is 4.56. The summed E-state index contributed by atoms with van der Waals surface area (Å²) in [4.78, 5) is 26.3. The maximum atomic E-state index is 14.0. The number of aromatic nitrogens is 4. The van der Waals surface area contributed by atoms with E-state index in [4.69, 9.17) is 10.5 Å². The van der Waals surface area contributed by atoms with Gasteiger partial charge in [0, 0.05) is 36.8 Å². The third-order valence-electron chi connectivity index (χ3n) is 6.31. The topological polar surface area (TPSA) is 144 Å². The fraction of sp³-hybridized carbons (Fsp3) is 0.381. The van der Waals surface area contributed by atoms with Gasteiger partial charge in [0.05, 0.1) is 24.8 Å². The van der Waals surface area contributed by atoms with Gasteiger partial charge in [0.25, 0.3) is 0 Å². The average Bonchev–Trinajstić information content (AvgIpc) is 3.27.